The largest absolute Gasteiger partial charge is 0.345 e. The fraction of sp³-hybridized carbons (Fsp3) is 0.167. The molecule has 0 aliphatic carbocycles. The average Bonchev–Trinajstić information content (AvgIpc) is 2.90. The maximum absolute atomic E-state index is 4.49. The highest BCUT2D eigenvalue weighted by molar-refractivity contribution is 5.29. The molecule has 0 radical (unpaired) electrons. The first-order valence-corrected chi connectivity index (χ1v) is 6.92. The molecule has 2 nitrogen and oxygen atoms in total. The molecule has 3 rings (SSSR count). The molecule has 1 aromatic heterocycles. The van der Waals surface area contributed by atoms with E-state index in [2.05, 4.69) is 65.4 Å². The molecule has 0 aliphatic heterocycles. The second kappa shape index (κ2) is 5.74. The fourth-order valence-electron chi connectivity index (χ4n) is 2.39. The van der Waals surface area contributed by atoms with Gasteiger partial charge >= 0.3 is 0 Å². The van der Waals surface area contributed by atoms with Crippen molar-refractivity contribution in [3.8, 4) is 0 Å². The second-order valence-corrected chi connectivity index (χ2v) is 5.12. The minimum Gasteiger partial charge on any atom is -0.345 e. The molecule has 0 spiro atoms. The molecule has 0 saturated carbocycles. The third kappa shape index (κ3) is 2.97. The van der Waals surface area contributed by atoms with E-state index in [1.165, 1.54) is 22.4 Å². The number of aromatic nitrogens is 2. The zero-order chi connectivity index (χ0) is 13.8. The Hall–Kier alpha value is -2.35. The van der Waals surface area contributed by atoms with Gasteiger partial charge in [0.25, 0.3) is 0 Å². The molecule has 0 unspecified atom stereocenters. The van der Waals surface area contributed by atoms with Gasteiger partial charge in [-0.25, -0.2) is 4.98 Å². The van der Waals surface area contributed by atoms with Crippen molar-refractivity contribution in [3.63, 3.8) is 0 Å². The van der Waals surface area contributed by atoms with Crippen LogP contribution < -0.4 is 0 Å². The Kier molecular flexibility index (Phi) is 3.64. The van der Waals surface area contributed by atoms with Crippen molar-refractivity contribution >= 4 is 0 Å². The van der Waals surface area contributed by atoms with E-state index in [0.29, 0.717) is 0 Å². The van der Waals surface area contributed by atoms with Gasteiger partial charge in [0.2, 0.25) is 0 Å². The summed E-state index contributed by atoms with van der Waals surface area (Å²) in [5.74, 6) is 1.03. The number of imidazole rings is 1. The summed E-state index contributed by atoms with van der Waals surface area (Å²) in [5, 5.41) is 0. The highest BCUT2D eigenvalue weighted by Gasteiger charge is 2.04. The normalized spacial score (nSPS) is 10.7. The number of aryl methyl sites for hydroxylation is 1. The van der Waals surface area contributed by atoms with Gasteiger partial charge in [0, 0.05) is 24.7 Å². The van der Waals surface area contributed by atoms with Crippen molar-refractivity contribution in [2.75, 3.05) is 0 Å². The molecule has 1 heterocycles. The van der Waals surface area contributed by atoms with Crippen LogP contribution in [0.15, 0.2) is 60.8 Å². The van der Waals surface area contributed by atoms with Crippen LogP contribution in [0.2, 0.25) is 0 Å². The molecule has 0 aliphatic rings. The van der Waals surface area contributed by atoms with Crippen molar-refractivity contribution in [1.82, 2.24) is 9.97 Å². The van der Waals surface area contributed by atoms with Gasteiger partial charge in [0.15, 0.2) is 0 Å². The molecule has 2 heteroatoms. The number of H-pyrrole nitrogens is 1. The Morgan fingerprint density at radius 3 is 2.45 bits per heavy atom. The van der Waals surface area contributed by atoms with Gasteiger partial charge in [-0.1, -0.05) is 54.6 Å². The van der Waals surface area contributed by atoms with Gasteiger partial charge in [-0.3, -0.25) is 0 Å². The lowest BCUT2D eigenvalue weighted by atomic mass is 10.1. The van der Waals surface area contributed by atoms with E-state index < -0.39 is 0 Å². The highest BCUT2D eigenvalue weighted by atomic mass is 14.9. The van der Waals surface area contributed by atoms with Crippen LogP contribution in [0.4, 0.5) is 0 Å². The van der Waals surface area contributed by atoms with E-state index in [1.54, 1.807) is 0 Å². The Morgan fingerprint density at radius 2 is 1.65 bits per heavy atom. The lowest BCUT2D eigenvalue weighted by molar-refractivity contribution is 0.992. The molecule has 0 fully saturated rings. The van der Waals surface area contributed by atoms with Crippen LogP contribution in [0.5, 0.6) is 0 Å². The number of nitrogens with one attached hydrogen (secondary N) is 1. The summed E-state index contributed by atoms with van der Waals surface area (Å²) < 4.78 is 0. The first kappa shape index (κ1) is 12.7. The fourth-order valence-corrected chi connectivity index (χ4v) is 2.39. The molecular formula is C18H18N2. The van der Waals surface area contributed by atoms with Crippen LogP contribution >= 0.6 is 0 Å². The van der Waals surface area contributed by atoms with E-state index in [0.717, 1.165) is 18.7 Å². The first-order chi connectivity index (χ1) is 9.81. The lowest BCUT2D eigenvalue weighted by Crippen LogP contribution is -1.94. The van der Waals surface area contributed by atoms with Gasteiger partial charge in [-0.2, -0.15) is 0 Å². The summed E-state index contributed by atoms with van der Waals surface area (Å²) >= 11 is 0. The monoisotopic (exact) mass is 262 g/mol. The SMILES string of the molecule is Cc1ccccc1Cc1ncc(Cc2ccccc2)[nH]1. The van der Waals surface area contributed by atoms with Crippen LogP contribution in [0.25, 0.3) is 0 Å². The van der Waals surface area contributed by atoms with Crippen LogP contribution in [0.3, 0.4) is 0 Å². The number of hydrogen-bond donors (Lipinski definition) is 1. The van der Waals surface area contributed by atoms with Crippen molar-refractivity contribution < 1.29 is 0 Å². The standard InChI is InChI=1S/C18H18N2/c1-14-7-5-6-10-16(14)12-18-19-13-17(20-18)11-15-8-3-2-4-9-15/h2-10,13H,11-12H2,1H3,(H,19,20). The molecule has 3 aromatic rings. The van der Waals surface area contributed by atoms with Gasteiger partial charge in [-0.15, -0.1) is 0 Å². The Morgan fingerprint density at radius 1 is 0.900 bits per heavy atom. The van der Waals surface area contributed by atoms with E-state index in [1.807, 2.05) is 12.3 Å². The van der Waals surface area contributed by atoms with Crippen LogP contribution in [-0.4, -0.2) is 9.97 Å². The molecule has 100 valence electrons. The quantitative estimate of drug-likeness (QED) is 0.759. The number of nitrogens with zero attached hydrogens (tertiary/aromatic N) is 1. The van der Waals surface area contributed by atoms with Gasteiger partial charge < -0.3 is 4.98 Å². The summed E-state index contributed by atoms with van der Waals surface area (Å²) in [6.07, 6.45) is 3.71. The van der Waals surface area contributed by atoms with Crippen molar-refractivity contribution in [3.05, 3.63) is 89.0 Å². The van der Waals surface area contributed by atoms with Crippen molar-refractivity contribution in [1.29, 1.82) is 0 Å². The van der Waals surface area contributed by atoms with E-state index >= 15 is 0 Å². The maximum atomic E-state index is 4.49. The summed E-state index contributed by atoms with van der Waals surface area (Å²) in [4.78, 5) is 7.92. The molecule has 0 bridgehead atoms. The minimum absolute atomic E-state index is 0.863. The van der Waals surface area contributed by atoms with E-state index in [9.17, 15) is 0 Å². The third-order valence-corrected chi connectivity index (χ3v) is 3.54. The number of hydrogen-bond acceptors (Lipinski definition) is 1. The van der Waals surface area contributed by atoms with Crippen molar-refractivity contribution in [2.45, 2.75) is 19.8 Å². The third-order valence-electron chi connectivity index (χ3n) is 3.54. The topological polar surface area (TPSA) is 28.7 Å². The lowest BCUT2D eigenvalue weighted by Gasteiger charge is -2.02. The molecule has 20 heavy (non-hydrogen) atoms. The average molecular weight is 262 g/mol. The Balaban J connectivity index is 1.73. The molecular weight excluding hydrogens is 244 g/mol. The maximum Gasteiger partial charge on any atom is 0.110 e. The first-order valence-electron chi connectivity index (χ1n) is 6.92. The molecule has 0 saturated heterocycles. The second-order valence-electron chi connectivity index (χ2n) is 5.12. The summed E-state index contributed by atoms with van der Waals surface area (Å²) in [5.41, 5.74) is 5.11. The van der Waals surface area contributed by atoms with E-state index in [4.69, 9.17) is 0 Å². The highest BCUT2D eigenvalue weighted by Crippen LogP contribution is 2.13. The number of benzene rings is 2. The Bertz CT molecular complexity index is 683. The van der Waals surface area contributed by atoms with E-state index in [-0.39, 0.29) is 0 Å². The summed E-state index contributed by atoms with van der Waals surface area (Å²) in [6.45, 7) is 2.14. The van der Waals surface area contributed by atoms with Crippen LogP contribution in [-0.2, 0) is 12.8 Å². The van der Waals surface area contributed by atoms with Gasteiger partial charge in [0.05, 0.1) is 0 Å². The van der Waals surface area contributed by atoms with Gasteiger partial charge in [0.1, 0.15) is 5.82 Å². The predicted molar refractivity (Wildman–Crippen MR) is 81.8 cm³/mol. The number of aromatic amines is 1. The molecule has 0 amide bonds. The zero-order valence-corrected chi connectivity index (χ0v) is 11.6. The summed E-state index contributed by atoms with van der Waals surface area (Å²) in [7, 11) is 0. The molecule has 2 aromatic carbocycles. The Labute approximate surface area is 119 Å². The molecule has 0 atom stereocenters. The minimum atomic E-state index is 0.863. The zero-order valence-electron chi connectivity index (χ0n) is 11.6. The van der Waals surface area contributed by atoms with Gasteiger partial charge in [-0.05, 0) is 23.6 Å². The summed E-state index contributed by atoms with van der Waals surface area (Å²) in [6, 6.07) is 18.9. The van der Waals surface area contributed by atoms with Crippen LogP contribution in [0.1, 0.15) is 28.2 Å². The van der Waals surface area contributed by atoms with Crippen molar-refractivity contribution in [2.24, 2.45) is 0 Å². The van der Waals surface area contributed by atoms with Crippen LogP contribution in [0, 0.1) is 6.92 Å². The number of rotatable bonds is 4. The predicted octanol–water partition coefficient (Wildman–Crippen LogP) is 3.90. The smallest absolute Gasteiger partial charge is 0.110 e. The molecule has 1 N–H and O–H groups in total.